The standard InChI is InChI=1S/C13H14BrNO3S2/c14-11-3-1-10(20-11)2-4-12(16)15-5-6-19-8-9(15)7-13(17)18/h1-4,9H,5-8H2,(H,17,18). The van der Waals surface area contributed by atoms with Crippen LogP contribution < -0.4 is 0 Å². The summed E-state index contributed by atoms with van der Waals surface area (Å²) in [5, 5.41) is 8.91. The molecule has 0 spiro atoms. The van der Waals surface area contributed by atoms with Crippen LogP contribution in [0.5, 0.6) is 0 Å². The van der Waals surface area contributed by atoms with Crippen molar-refractivity contribution in [2.75, 3.05) is 18.1 Å². The summed E-state index contributed by atoms with van der Waals surface area (Å²) in [5.41, 5.74) is 0. The van der Waals surface area contributed by atoms with Crippen molar-refractivity contribution >= 4 is 57.0 Å². The minimum absolute atomic E-state index is 0.0110. The predicted molar refractivity (Wildman–Crippen MR) is 86.1 cm³/mol. The molecular weight excluding hydrogens is 362 g/mol. The Bertz CT molecular complexity index is 529. The molecule has 1 amide bonds. The molecule has 4 nitrogen and oxygen atoms in total. The van der Waals surface area contributed by atoms with E-state index in [0.29, 0.717) is 12.3 Å². The number of nitrogens with zero attached hydrogens (tertiary/aromatic N) is 1. The number of amides is 1. The molecule has 7 heteroatoms. The zero-order chi connectivity index (χ0) is 14.5. The van der Waals surface area contributed by atoms with Crippen molar-refractivity contribution < 1.29 is 14.7 Å². The maximum absolute atomic E-state index is 12.2. The summed E-state index contributed by atoms with van der Waals surface area (Å²) < 4.78 is 1.02. The first kappa shape index (κ1) is 15.6. The number of carbonyl (C=O) groups excluding carboxylic acids is 1. The second-order valence-corrected chi connectivity index (χ2v) is 7.98. The van der Waals surface area contributed by atoms with Gasteiger partial charge in [-0.15, -0.1) is 11.3 Å². The Balaban J connectivity index is 2.02. The monoisotopic (exact) mass is 375 g/mol. The Kier molecular flexibility index (Phi) is 5.68. The van der Waals surface area contributed by atoms with Gasteiger partial charge in [-0.25, -0.2) is 0 Å². The van der Waals surface area contributed by atoms with E-state index in [1.54, 1.807) is 34.1 Å². The maximum Gasteiger partial charge on any atom is 0.305 e. The minimum Gasteiger partial charge on any atom is -0.481 e. The van der Waals surface area contributed by atoms with E-state index in [1.807, 2.05) is 12.1 Å². The summed E-state index contributed by atoms with van der Waals surface area (Å²) in [7, 11) is 0. The Morgan fingerprint density at radius 1 is 1.50 bits per heavy atom. The van der Waals surface area contributed by atoms with Crippen molar-refractivity contribution in [3.05, 3.63) is 26.9 Å². The van der Waals surface area contributed by atoms with Crippen molar-refractivity contribution in [2.45, 2.75) is 12.5 Å². The predicted octanol–water partition coefficient (Wildman–Crippen LogP) is 2.94. The largest absolute Gasteiger partial charge is 0.481 e. The molecule has 2 rings (SSSR count). The molecule has 1 N–H and O–H groups in total. The van der Waals surface area contributed by atoms with Gasteiger partial charge >= 0.3 is 5.97 Å². The second-order valence-electron chi connectivity index (χ2n) is 4.33. The molecule has 108 valence electrons. The quantitative estimate of drug-likeness (QED) is 0.821. The number of thioether (sulfide) groups is 1. The summed E-state index contributed by atoms with van der Waals surface area (Å²) in [5.74, 6) is 0.582. The molecule has 1 aliphatic rings. The maximum atomic E-state index is 12.2. The van der Waals surface area contributed by atoms with Crippen LogP contribution in [0.4, 0.5) is 0 Å². The van der Waals surface area contributed by atoms with Crippen LogP contribution in [0.3, 0.4) is 0 Å². The average molecular weight is 376 g/mol. The number of carboxylic acids is 1. The van der Waals surface area contributed by atoms with Gasteiger partial charge in [0, 0.05) is 29.0 Å². The SMILES string of the molecule is O=C(O)CC1CSCCN1C(=O)C=Cc1ccc(Br)s1. The van der Waals surface area contributed by atoms with Gasteiger partial charge in [0.25, 0.3) is 0 Å². The molecular formula is C13H14BrNO3S2. The molecule has 20 heavy (non-hydrogen) atoms. The normalized spacial score (nSPS) is 19.4. The van der Waals surface area contributed by atoms with Crippen molar-refractivity contribution in [1.82, 2.24) is 4.90 Å². The van der Waals surface area contributed by atoms with E-state index in [0.717, 1.165) is 14.4 Å². The van der Waals surface area contributed by atoms with Gasteiger partial charge in [-0.1, -0.05) is 0 Å². The fraction of sp³-hybridized carbons (Fsp3) is 0.385. The molecule has 0 aromatic carbocycles. The Hall–Kier alpha value is -0.790. The third-order valence-corrected chi connectivity index (χ3v) is 5.59. The van der Waals surface area contributed by atoms with Gasteiger partial charge < -0.3 is 10.0 Å². The lowest BCUT2D eigenvalue weighted by molar-refractivity contribution is -0.139. The number of carbonyl (C=O) groups is 2. The van der Waals surface area contributed by atoms with Crippen LogP contribution in [0, 0.1) is 0 Å². The molecule has 2 heterocycles. The zero-order valence-electron chi connectivity index (χ0n) is 10.6. The summed E-state index contributed by atoms with van der Waals surface area (Å²) in [6.45, 7) is 0.611. The van der Waals surface area contributed by atoms with E-state index in [1.165, 1.54) is 6.08 Å². The molecule has 1 saturated heterocycles. The zero-order valence-corrected chi connectivity index (χ0v) is 13.8. The van der Waals surface area contributed by atoms with Gasteiger partial charge in [0.1, 0.15) is 0 Å². The lowest BCUT2D eigenvalue weighted by atomic mass is 10.2. The fourth-order valence-corrected chi connectivity index (χ4v) is 4.37. The molecule has 1 atom stereocenters. The van der Waals surface area contributed by atoms with Crippen LogP contribution in [0.25, 0.3) is 6.08 Å². The highest BCUT2D eigenvalue weighted by Gasteiger charge is 2.27. The highest BCUT2D eigenvalue weighted by atomic mass is 79.9. The second kappa shape index (κ2) is 7.28. The molecule has 0 aliphatic carbocycles. The lowest BCUT2D eigenvalue weighted by Crippen LogP contribution is -2.46. The van der Waals surface area contributed by atoms with E-state index in [2.05, 4.69) is 15.9 Å². The smallest absolute Gasteiger partial charge is 0.305 e. The van der Waals surface area contributed by atoms with Crippen LogP contribution in [-0.4, -0.2) is 46.0 Å². The van der Waals surface area contributed by atoms with E-state index in [4.69, 9.17) is 5.11 Å². The third kappa shape index (κ3) is 4.36. The number of carboxylic acid groups (broad SMARTS) is 1. The van der Waals surface area contributed by atoms with E-state index in [-0.39, 0.29) is 18.4 Å². The van der Waals surface area contributed by atoms with Gasteiger partial charge in [-0.2, -0.15) is 11.8 Å². The number of aliphatic carboxylic acids is 1. The van der Waals surface area contributed by atoms with Crippen molar-refractivity contribution in [2.24, 2.45) is 0 Å². The Labute approximate surface area is 134 Å². The molecule has 1 unspecified atom stereocenters. The first-order valence-corrected chi connectivity index (χ1v) is 8.86. The molecule has 0 radical (unpaired) electrons. The molecule has 1 aromatic heterocycles. The number of halogens is 1. The first-order valence-electron chi connectivity index (χ1n) is 6.10. The van der Waals surface area contributed by atoms with Crippen LogP contribution in [0.1, 0.15) is 11.3 Å². The summed E-state index contributed by atoms with van der Waals surface area (Å²) in [6.07, 6.45) is 3.32. The highest BCUT2D eigenvalue weighted by molar-refractivity contribution is 9.11. The van der Waals surface area contributed by atoms with Gasteiger partial charge in [0.05, 0.1) is 16.2 Å². The van der Waals surface area contributed by atoms with E-state index in [9.17, 15) is 9.59 Å². The average Bonchev–Trinajstić information content (AvgIpc) is 2.82. The topological polar surface area (TPSA) is 57.6 Å². The summed E-state index contributed by atoms with van der Waals surface area (Å²) in [6, 6.07) is 3.65. The van der Waals surface area contributed by atoms with Crippen LogP contribution >= 0.6 is 39.0 Å². The molecule has 1 aromatic rings. The Morgan fingerprint density at radius 2 is 2.30 bits per heavy atom. The Morgan fingerprint density at radius 3 is 2.95 bits per heavy atom. The van der Waals surface area contributed by atoms with Crippen LogP contribution in [-0.2, 0) is 9.59 Å². The van der Waals surface area contributed by atoms with E-state index >= 15 is 0 Å². The summed E-state index contributed by atoms with van der Waals surface area (Å²) in [4.78, 5) is 25.7. The van der Waals surface area contributed by atoms with Gasteiger partial charge in [-0.3, -0.25) is 9.59 Å². The lowest BCUT2D eigenvalue weighted by Gasteiger charge is -2.33. The van der Waals surface area contributed by atoms with Gasteiger partial charge in [0.2, 0.25) is 5.91 Å². The number of hydrogen-bond acceptors (Lipinski definition) is 4. The van der Waals surface area contributed by atoms with Crippen molar-refractivity contribution in [3.63, 3.8) is 0 Å². The van der Waals surface area contributed by atoms with Crippen LogP contribution in [0.15, 0.2) is 22.0 Å². The van der Waals surface area contributed by atoms with Crippen molar-refractivity contribution in [3.8, 4) is 0 Å². The van der Waals surface area contributed by atoms with Gasteiger partial charge in [0.15, 0.2) is 0 Å². The molecule has 0 bridgehead atoms. The molecule has 0 saturated carbocycles. The number of rotatable bonds is 4. The minimum atomic E-state index is -0.860. The van der Waals surface area contributed by atoms with Crippen LogP contribution in [0.2, 0.25) is 0 Å². The van der Waals surface area contributed by atoms with E-state index < -0.39 is 5.97 Å². The van der Waals surface area contributed by atoms with Crippen molar-refractivity contribution in [1.29, 1.82) is 0 Å². The number of hydrogen-bond donors (Lipinski definition) is 1. The number of thiophene rings is 1. The highest BCUT2D eigenvalue weighted by Crippen LogP contribution is 2.24. The fourth-order valence-electron chi connectivity index (χ4n) is 1.98. The molecule has 1 aliphatic heterocycles. The van der Waals surface area contributed by atoms with Gasteiger partial charge in [-0.05, 0) is 34.1 Å². The first-order chi connectivity index (χ1) is 9.56. The molecule has 1 fully saturated rings. The third-order valence-electron chi connectivity index (χ3n) is 2.91. The summed E-state index contributed by atoms with van der Waals surface area (Å²) >= 11 is 6.62.